The average molecular weight is 515 g/mol. The lowest BCUT2D eigenvalue weighted by molar-refractivity contribution is -0.137. The van der Waals surface area contributed by atoms with Gasteiger partial charge in [0.25, 0.3) is 0 Å². The minimum atomic E-state index is -0.707. The van der Waals surface area contributed by atoms with Gasteiger partial charge in [0.05, 0.1) is 0 Å². The summed E-state index contributed by atoms with van der Waals surface area (Å²) in [6, 6.07) is 0. The van der Waals surface area contributed by atoms with Crippen molar-refractivity contribution in [3.63, 3.8) is 0 Å². The van der Waals surface area contributed by atoms with Gasteiger partial charge < -0.3 is 9.90 Å². The van der Waals surface area contributed by atoms with Crippen molar-refractivity contribution in [2.24, 2.45) is 0 Å². The van der Waals surface area contributed by atoms with E-state index in [4.69, 9.17) is 5.11 Å². The Hall–Kier alpha value is -2.16. The van der Waals surface area contributed by atoms with Crippen LogP contribution in [0.5, 0.6) is 0 Å². The number of allylic oxidation sites excluding steroid dienone is 10. The molecule has 0 aliphatic carbocycles. The zero-order valence-corrected chi connectivity index (χ0v) is 24.3. The predicted octanol–water partition coefficient (Wildman–Crippen LogP) is 10.9. The van der Waals surface area contributed by atoms with E-state index in [1.54, 1.807) is 0 Å². The second-order valence-corrected chi connectivity index (χ2v) is 9.49. The van der Waals surface area contributed by atoms with Gasteiger partial charge in [0.1, 0.15) is 6.29 Å². The smallest absolute Gasteiger partial charge is 0.303 e. The molecule has 0 saturated carbocycles. The highest BCUT2D eigenvalue weighted by atomic mass is 16.4. The van der Waals surface area contributed by atoms with E-state index < -0.39 is 5.97 Å². The number of carbonyl (C=O) groups excluding carboxylic acids is 1. The van der Waals surface area contributed by atoms with E-state index >= 15 is 0 Å². The van der Waals surface area contributed by atoms with Gasteiger partial charge in [0, 0.05) is 12.8 Å². The summed E-state index contributed by atoms with van der Waals surface area (Å²) < 4.78 is 0. The number of aldehydes is 1. The molecule has 0 unspecified atom stereocenters. The first-order valence-electron chi connectivity index (χ1n) is 15.1. The quantitative estimate of drug-likeness (QED) is 0.0748. The molecule has 0 aromatic rings. The van der Waals surface area contributed by atoms with Gasteiger partial charge in [-0.25, -0.2) is 0 Å². The number of carboxylic acids is 1. The minimum Gasteiger partial charge on any atom is -0.481 e. The largest absolute Gasteiger partial charge is 0.481 e. The fourth-order valence-electron chi connectivity index (χ4n) is 3.50. The molecule has 0 radical (unpaired) electrons. The van der Waals surface area contributed by atoms with E-state index in [9.17, 15) is 9.59 Å². The maximum atomic E-state index is 10.3. The van der Waals surface area contributed by atoms with E-state index in [0.717, 1.165) is 44.8 Å². The summed E-state index contributed by atoms with van der Waals surface area (Å²) in [6.45, 7) is 4.48. The maximum Gasteiger partial charge on any atom is 0.303 e. The highest BCUT2D eigenvalue weighted by Crippen LogP contribution is 2.07. The highest BCUT2D eigenvalue weighted by Gasteiger charge is 1.92. The Bertz CT molecular complexity index is 611. The molecule has 0 atom stereocenters. The number of carbonyl (C=O) groups is 2. The van der Waals surface area contributed by atoms with E-state index in [0.29, 0.717) is 6.42 Å². The van der Waals surface area contributed by atoms with Crippen LogP contribution in [0.1, 0.15) is 142 Å². The average Bonchev–Trinajstić information content (AvgIpc) is 2.89. The Morgan fingerprint density at radius 1 is 0.486 bits per heavy atom. The van der Waals surface area contributed by atoms with Crippen LogP contribution in [-0.2, 0) is 9.59 Å². The number of hydrogen-bond acceptors (Lipinski definition) is 2. The van der Waals surface area contributed by atoms with Gasteiger partial charge >= 0.3 is 5.97 Å². The molecule has 0 amide bonds. The van der Waals surface area contributed by atoms with Crippen molar-refractivity contribution in [1.29, 1.82) is 0 Å². The number of aliphatic carboxylic acids is 1. The lowest BCUT2D eigenvalue weighted by Gasteiger charge is -1.97. The molecule has 0 aromatic carbocycles. The molecule has 212 valence electrons. The first-order valence-corrected chi connectivity index (χ1v) is 15.1. The molecule has 0 saturated heterocycles. The molecule has 0 bridgehead atoms. The monoisotopic (exact) mass is 514 g/mol. The van der Waals surface area contributed by atoms with E-state index in [1.807, 2.05) is 0 Å². The molecule has 0 fully saturated rings. The Morgan fingerprint density at radius 2 is 0.919 bits per heavy atom. The zero-order valence-electron chi connectivity index (χ0n) is 24.3. The van der Waals surface area contributed by atoms with Crippen LogP contribution in [0.4, 0.5) is 0 Å². The van der Waals surface area contributed by atoms with E-state index in [2.05, 4.69) is 74.6 Å². The summed E-state index contributed by atoms with van der Waals surface area (Å²) in [6.07, 6.45) is 45.1. The van der Waals surface area contributed by atoms with Gasteiger partial charge in [0.2, 0.25) is 0 Å². The van der Waals surface area contributed by atoms with Gasteiger partial charge in [-0.05, 0) is 70.6 Å². The third-order valence-corrected chi connectivity index (χ3v) is 5.78. The predicted molar refractivity (Wildman–Crippen MR) is 163 cm³/mol. The van der Waals surface area contributed by atoms with Crippen molar-refractivity contribution >= 4 is 12.3 Å². The normalized spacial score (nSPS) is 11.8. The topological polar surface area (TPSA) is 54.4 Å². The number of unbranched alkanes of at least 4 members (excludes halogenated alkanes) is 12. The van der Waals surface area contributed by atoms with Crippen molar-refractivity contribution in [1.82, 2.24) is 0 Å². The Morgan fingerprint density at radius 3 is 1.49 bits per heavy atom. The molecule has 0 aromatic heterocycles. The van der Waals surface area contributed by atoms with Gasteiger partial charge in [-0.15, -0.1) is 0 Å². The molecular weight excluding hydrogens is 456 g/mol. The van der Waals surface area contributed by atoms with Crippen LogP contribution >= 0.6 is 0 Å². The fraction of sp³-hybridized carbons (Fsp3) is 0.647. The zero-order chi connectivity index (χ0) is 27.5. The summed E-state index contributed by atoms with van der Waals surface area (Å²) in [4.78, 5) is 20.3. The summed E-state index contributed by atoms with van der Waals surface area (Å²) in [5, 5.41) is 8.50. The third-order valence-electron chi connectivity index (χ3n) is 5.78. The molecule has 0 rings (SSSR count). The molecule has 3 heteroatoms. The summed E-state index contributed by atoms with van der Waals surface area (Å²) in [7, 11) is 0. The van der Waals surface area contributed by atoms with Crippen molar-refractivity contribution in [3.05, 3.63) is 60.8 Å². The maximum absolute atomic E-state index is 10.3. The van der Waals surface area contributed by atoms with Crippen LogP contribution in [-0.4, -0.2) is 17.4 Å². The summed E-state index contributed by atoms with van der Waals surface area (Å²) in [5.74, 6) is -0.707. The molecule has 0 aliphatic heterocycles. The highest BCUT2D eigenvalue weighted by molar-refractivity contribution is 5.66. The lowest BCUT2D eigenvalue weighted by atomic mass is 10.1. The third kappa shape index (κ3) is 41.2. The number of rotatable bonds is 25. The van der Waals surface area contributed by atoms with Gasteiger partial charge in [-0.2, -0.15) is 0 Å². The molecule has 0 aliphatic rings. The van der Waals surface area contributed by atoms with E-state index in [1.165, 1.54) is 77.0 Å². The summed E-state index contributed by atoms with van der Waals surface area (Å²) in [5.41, 5.74) is 0. The van der Waals surface area contributed by atoms with Gasteiger partial charge in [0.15, 0.2) is 0 Å². The Labute approximate surface area is 229 Å². The van der Waals surface area contributed by atoms with Crippen LogP contribution in [0.25, 0.3) is 0 Å². The minimum absolute atomic E-state index is 0.267. The SMILES string of the molecule is CCCC/C=C\CCC/C=C/CCC=O.CCCCCCCC/C=C\C/C=C\C/C=C\CCCC(=O)O. The molecule has 37 heavy (non-hydrogen) atoms. The first-order chi connectivity index (χ1) is 18.2. The standard InChI is InChI=1S/C20H34O2.C14H24O/c1-2-3-4-5-6-7-8-9-10-11-12-13-14-15-16-17-18-19-20(21)22;1-2-3-4-5-6-7-8-9-10-11-12-13-14-15/h9-10,12-13,15-16H,2-8,11,14,17-19H2,1H3,(H,21,22);5-6,10-11,14H,2-4,7-9,12-13H2,1H3/b10-9-,13-12-,16-15-;6-5-,11-10+. The lowest BCUT2D eigenvalue weighted by Crippen LogP contribution is -1.92. The van der Waals surface area contributed by atoms with Crippen LogP contribution in [0.2, 0.25) is 0 Å². The van der Waals surface area contributed by atoms with Crippen LogP contribution in [0.15, 0.2) is 60.8 Å². The van der Waals surface area contributed by atoms with E-state index in [-0.39, 0.29) is 6.42 Å². The van der Waals surface area contributed by atoms with Gasteiger partial charge in [-0.1, -0.05) is 120 Å². The number of carboxylic acid groups (broad SMARTS) is 1. The van der Waals surface area contributed by atoms with Crippen LogP contribution in [0.3, 0.4) is 0 Å². The van der Waals surface area contributed by atoms with Gasteiger partial charge in [-0.3, -0.25) is 4.79 Å². The second-order valence-electron chi connectivity index (χ2n) is 9.49. The molecule has 3 nitrogen and oxygen atoms in total. The van der Waals surface area contributed by atoms with Crippen molar-refractivity contribution < 1.29 is 14.7 Å². The number of hydrogen-bond donors (Lipinski definition) is 1. The molecule has 1 N–H and O–H groups in total. The fourth-order valence-corrected chi connectivity index (χ4v) is 3.50. The first kappa shape index (κ1) is 37.0. The van der Waals surface area contributed by atoms with Crippen LogP contribution < -0.4 is 0 Å². The summed E-state index contributed by atoms with van der Waals surface area (Å²) >= 11 is 0. The Balaban J connectivity index is 0. The van der Waals surface area contributed by atoms with Crippen molar-refractivity contribution in [3.8, 4) is 0 Å². The molecular formula is C34H58O3. The van der Waals surface area contributed by atoms with Crippen molar-refractivity contribution in [2.75, 3.05) is 0 Å². The molecule has 0 spiro atoms. The van der Waals surface area contributed by atoms with Crippen LogP contribution in [0, 0.1) is 0 Å². The Kier molecular flexibility index (Phi) is 36.0. The van der Waals surface area contributed by atoms with Crippen molar-refractivity contribution in [2.45, 2.75) is 142 Å². The second kappa shape index (κ2) is 36.0. The molecule has 0 heterocycles.